The molecule has 0 unspecified atom stereocenters. The van der Waals surface area contributed by atoms with Gasteiger partial charge >= 0.3 is 5.63 Å². The van der Waals surface area contributed by atoms with E-state index in [0.717, 1.165) is 16.4 Å². The first kappa shape index (κ1) is 7.38. The summed E-state index contributed by atoms with van der Waals surface area (Å²) in [7, 11) is 0. The third-order valence-electron chi connectivity index (χ3n) is 2.19. The van der Waals surface area contributed by atoms with E-state index in [1.165, 1.54) is 6.07 Å². The third-order valence-corrected chi connectivity index (χ3v) is 2.19. The van der Waals surface area contributed by atoms with Crippen LogP contribution in [-0.4, -0.2) is 0 Å². The van der Waals surface area contributed by atoms with Gasteiger partial charge in [-0.2, -0.15) is 0 Å². The molecule has 0 N–H and O–H groups in total. The molecule has 0 radical (unpaired) electrons. The molecule has 3 aromatic rings. The molecule has 0 saturated carbocycles. The van der Waals surface area contributed by atoms with Gasteiger partial charge < -0.3 is 8.83 Å². The average molecular weight is 186 g/mol. The molecule has 0 saturated heterocycles. The predicted molar refractivity (Wildman–Crippen MR) is 52.3 cm³/mol. The molecule has 0 bridgehead atoms. The first-order valence-electron chi connectivity index (χ1n) is 4.24. The van der Waals surface area contributed by atoms with Crippen LogP contribution >= 0.6 is 0 Å². The van der Waals surface area contributed by atoms with Crippen molar-refractivity contribution in [2.75, 3.05) is 0 Å². The van der Waals surface area contributed by atoms with Crippen LogP contribution in [0.5, 0.6) is 0 Å². The number of hydrogen-bond acceptors (Lipinski definition) is 3. The van der Waals surface area contributed by atoms with Crippen molar-refractivity contribution in [3.63, 3.8) is 0 Å². The topological polar surface area (TPSA) is 43.4 Å². The lowest BCUT2D eigenvalue weighted by molar-refractivity contribution is 0.561. The molecule has 0 fully saturated rings. The molecular formula is C11H6O3. The molecule has 0 aliphatic rings. The van der Waals surface area contributed by atoms with Gasteiger partial charge in [-0.05, 0) is 24.3 Å². The van der Waals surface area contributed by atoms with Crippen LogP contribution < -0.4 is 5.63 Å². The van der Waals surface area contributed by atoms with Crippen molar-refractivity contribution >= 4 is 21.9 Å². The van der Waals surface area contributed by atoms with E-state index in [1.54, 1.807) is 18.4 Å². The number of rotatable bonds is 0. The number of hydrogen-bond donors (Lipinski definition) is 0. The second-order valence-corrected chi connectivity index (χ2v) is 3.10. The fourth-order valence-electron chi connectivity index (χ4n) is 1.52. The average Bonchev–Trinajstić information content (AvgIpc) is 2.61. The standard InChI is InChI=1S/C11H6O3/c12-11-2-1-7-5-9-8(3-4-13-9)6-10(7)14-11/h1-6H. The van der Waals surface area contributed by atoms with E-state index < -0.39 is 0 Å². The predicted octanol–water partition coefficient (Wildman–Crippen LogP) is 2.54. The summed E-state index contributed by atoms with van der Waals surface area (Å²) in [6.07, 6.45) is 1.61. The molecule has 0 amide bonds. The Labute approximate surface area is 78.6 Å². The minimum atomic E-state index is -0.333. The zero-order chi connectivity index (χ0) is 9.54. The van der Waals surface area contributed by atoms with Gasteiger partial charge in [0.25, 0.3) is 0 Å². The summed E-state index contributed by atoms with van der Waals surface area (Å²) < 4.78 is 10.3. The smallest absolute Gasteiger partial charge is 0.336 e. The molecule has 3 rings (SSSR count). The lowest BCUT2D eigenvalue weighted by Gasteiger charge is -1.94. The normalized spacial score (nSPS) is 11.1. The van der Waals surface area contributed by atoms with Gasteiger partial charge in [-0.25, -0.2) is 4.79 Å². The second kappa shape index (κ2) is 2.48. The Balaban J connectivity index is 2.56. The van der Waals surface area contributed by atoms with Crippen LogP contribution in [-0.2, 0) is 0 Å². The molecule has 0 aliphatic carbocycles. The van der Waals surface area contributed by atoms with Crippen molar-refractivity contribution in [1.29, 1.82) is 0 Å². The van der Waals surface area contributed by atoms with Crippen molar-refractivity contribution in [3.05, 3.63) is 47.0 Å². The first-order chi connectivity index (χ1) is 6.83. The van der Waals surface area contributed by atoms with Crippen molar-refractivity contribution in [2.24, 2.45) is 0 Å². The van der Waals surface area contributed by atoms with Crippen molar-refractivity contribution in [3.8, 4) is 0 Å². The van der Waals surface area contributed by atoms with Gasteiger partial charge in [0.15, 0.2) is 0 Å². The van der Waals surface area contributed by atoms with E-state index in [2.05, 4.69) is 0 Å². The van der Waals surface area contributed by atoms with E-state index in [9.17, 15) is 4.79 Å². The van der Waals surface area contributed by atoms with E-state index >= 15 is 0 Å². The summed E-state index contributed by atoms with van der Waals surface area (Å²) in [5.41, 5.74) is 1.05. The van der Waals surface area contributed by atoms with Gasteiger partial charge in [-0.1, -0.05) is 0 Å². The van der Waals surface area contributed by atoms with E-state index in [-0.39, 0.29) is 5.63 Å². The maximum absolute atomic E-state index is 11.0. The highest BCUT2D eigenvalue weighted by atomic mass is 16.4. The van der Waals surface area contributed by atoms with Gasteiger partial charge in [0, 0.05) is 16.8 Å². The van der Waals surface area contributed by atoms with Crippen molar-refractivity contribution in [2.45, 2.75) is 0 Å². The highest BCUT2D eigenvalue weighted by Gasteiger charge is 2.01. The number of benzene rings is 1. The van der Waals surface area contributed by atoms with Crippen molar-refractivity contribution in [1.82, 2.24) is 0 Å². The second-order valence-electron chi connectivity index (χ2n) is 3.10. The SMILES string of the molecule is O=c1ccc2cc3occc3cc2o1. The molecular weight excluding hydrogens is 180 g/mol. The lowest BCUT2D eigenvalue weighted by Crippen LogP contribution is -1.93. The van der Waals surface area contributed by atoms with Gasteiger partial charge in [-0.3, -0.25) is 0 Å². The first-order valence-corrected chi connectivity index (χ1v) is 4.24. The fraction of sp³-hybridized carbons (Fsp3) is 0. The van der Waals surface area contributed by atoms with Gasteiger partial charge in [0.2, 0.25) is 0 Å². The minimum Gasteiger partial charge on any atom is -0.464 e. The molecule has 0 aliphatic heterocycles. The highest BCUT2D eigenvalue weighted by molar-refractivity contribution is 5.92. The monoisotopic (exact) mass is 186 g/mol. The van der Waals surface area contributed by atoms with E-state index in [0.29, 0.717) is 5.58 Å². The minimum absolute atomic E-state index is 0.333. The van der Waals surface area contributed by atoms with Crippen LogP contribution in [0.1, 0.15) is 0 Å². The lowest BCUT2D eigenvalue weighted by atomic mass is 10.2. The summed E-state index contributed by atoms with van der Waals surface area (Å²) in [4.78, 5) is 11.0. The van der Waals surface area contributed by atoms with Crippen LogP contribution in [0.25, 0.3) is 21.9 Å². The summed E-state index contributed by atoms with van der Waals surface area (Å²) in [5.74, 6) is 0. The van der Waals surface area contributed by atoms with E-state index in [1.807, 2.05) is 12.1 Å². The molecule has 1 aromatic carbocycles. The molecule has 2 heterocycles. The Morgan fingerprint density at radius 1 is 0.929 bits per heavy atom. The zero-order valence-corrected chi connectivity index (χ0v) is 7.19. The van der Waals surface area contributed by atoms with Gasteiger partial charge in [0.05, 0.1) is 6.26 Å². The summed E-state index contributed by atoms with van der Waals surface area (Å²) in [6, 6.07) is 8.62. The highest BCUT2D eigenvalue weighted by Crippen LogP contribution is 2.22. The Morgan fingerprint density at radius 2 is 1.71 bits per heavy atom. The Bertz CT molecular complexity index is 661. The molecule has 0 spiro atoms. The van der Waals surface area contributed by atoms with E-state index in [4.69, 9.17) is 8.83 Å². The van der Waals surface area contributed by atoms with Gasteiger partial charge in [-0.15, -0.1) is 0 Å². The molecule has 3 nitrogen and oxygen atoms in total. The van der Waals surface area contributed by atoms with Crippen LogP contribution in [0.15, 0.2) is 50.2 Å². The van der Waals surface area contributed by atoms with Crippen molar-refractivity contribution < 1.29 is 8.83 Å². The van der Waals surface area contributed by atoms with Crippen LogP contribution in [0.4, 0.5) is 0 Å². The molecule has 68 valence electrons. The Kier molecular flexibility index (Phi) is 1.31. The summed E-state index contributed by atoms with van der Waals surface area (Å²) in [5, 5.41) is 1.80. The fourth-order valence-corrected chi connectivity index (χ4v) is 1.52. The van der Waals surface area contributed by atoms with Crippen LogP contribution in [0, 0.1) is 0 Å². The maximum atomic E-state index is 11.0. The maximum Gasteiger partial charge on any atom is 0.336 e. The quantitative estimate of drug-likeness (QED) is 0.506. The third kappa shape index (κ3) is 0.956. The Morgan fingerprint density at radius 3 is 2.64 bits per heavy atom. The molecule has 2 aromatic heterocycles. The van der Waals surface area contributed by atoms with Crippen LogP contribution in [0.2, 0.25) is 0 Å². The summed E-state index contributed by atoms with van der Waals surface area (Å²) in [6.45, 7) is 0. The molecule has 14 heavy (non-hydrogen) atoms. The van der Waals surface area contributed by atoms with Crippen LogP contribution in [0.3, 0.4) is 0 Å². The number of fused-ring (bicyclic) bond motifs is 2. The largest absolute Gasteiger partial charge is 0.464 e. The summed E-state index contributed by atoms with van der Waals surface area (Å²) >= 11 is 0. The zero-order valence-electron chi connectivity index (χ0n) is 7.19. The Hall–Kier alpha value is -2.03. The molecule has 0 atom stereocenters. The number of furan rings is 1. The molecule has 3 heteroatoms. The van der Waals surface area contributed by atoms with Gasteiger partial charge in [0.1, 0.15) is 11.2 Å².